The second-order valence-electron chi connectivity index (χ2n) is 7.67. The monoisotopic (exact) mass is 392 g/mol. The van der Waals surface area contributed by atoms with Crippen molar-refractivity contribution in [1.29, 1.82) is 0 Å². The van der Waals surface area contributed by atoms with Gasteiger partial charge in [-0.25, -0.2) is 4.79 Å². The van der Waals surface area contributed by atoms with Gasteiger partial charge in [-0.05, 0) is 46.1 Å². The van der Waals surface area contributed by atoms with Crippen molar-refractivity contribution in [3.8, 4) is 11.8 Å². The average molecular weight is 393 g/mol. The molecule has 0 radical (unpaired) electrons. The van der Waals surface area contributed by atoms with Gasteiger partial charge in [-0.1, -0.05) is 11.8 Å². The van der Waals surface area contributed by atoms with Crippen LogP contribution < -0.4 is 5.32 Å². The van der Waals surface area contributed by atoms with Crippen molar-refractivity contribution in [3.63, 3.8) is 0 Å². The van der Waals surface area contributed by atoms with Gasteiger partial charge in [0.1, 0.15) is 10.9 Å². The second kappa shape index (κ2) is 9.25. The Morgan fingerprint density at radius 2 is 2.19 bits per heavy atom. The first-order valence-electron chi connectivity index (χ1n) is 9.16. The molecule has 0 aromatic carbocycles. The third kappa shape index (κ3) is 6.26. The maximum atomic E-state index is 12.8. The molecule has 0 bridgehead atoms. The SMILES string of the molecule is COCCN1CCCCC(Nc2cc(C#CC(C)(C)C)sc2C(=O)O)C1=O. The minimum atomic E-state index is -1.01. The van der Waals surface area contributed by atoms with Crippen LogP contribution in [0.1, 0.15) is 54.6 Å². The largest absolute Gasteiger partial charge is 0.477 e. The number of carbonyl (C=O) groups is 2. The molecular formula is C20H28N2O4S. The highest BCUT2D eigenvalue weighted by atomic mass is 32.1. The number of hydrogen-bond donors (Lipinski definition) is 2. The van der Waals surface area contributed by atoms with E-state index in [9.17, 15) is 14.7 Å². The molecule has 1 aromatic rings. The molecule has 2 N–H and O–H groups in total. The number of nitrogens with zero attached hydrogens (tertiary/aromatic N) is 1. The number of thiophene rings is 1. The quantitative estimate of drug-likeness (QED) is 0.727. The molecule has 0 spiro atoms. The molecule has 2 rings (SSSR count). The van der Waals surface area contributed by atoms with Gasteiger partial charge in [-0.2, -0.15) is 0 Å². The van der Waals surface area contributed by atoms with Crippen molar-refractivity contribution in [2.45, 2.75) is 46.1 Å². The van der Waals surface area contributed by atoms with Crippen molar-refractivity contribution in [2.24, 2.45) is 5.41 Å². The molecule has 1 saturated heterocycles. The molecule has 1 unspecified atom stereocenters. The number of carbonyl (C=O) groups excluding carboxylic acids is 1. The second-order valence-corrected chi connectivity index (χ2v) is 8.72. The fraction of sp³-hybridized carbons (Fsp3) is 0.600. The number of anilines is 1. The predicted molar refractivity (Wildman–Crippen MR) is 107 cm³/mol. The van der Waals surface area contributed by atoms with Crippen molar-refractivity contribution in [1.82, 2.24) is 4.90 Å². The van der Waals surface area contributed by atoms with Crippen LogP contribution in [-0.2, 0) is 9.53 Å². The van der Waals surface area contributed by atoms with Gasteiger partial charge in [0.05, 0.1) is 17.2 Å². The van der Waals surface area contributed by atoms with Crippen LogP contribution in [0.2, 0.25) is 0 Å². The van der Waals surface area contributed by atoms with Gasteiger partial charge in [0.2, 0.25) is 5.91 Å². The fourth-order valence-corrected chi connectivity index (χ4v) is 3.63. The molecule has 7 heteroatoms. The molecule has 1 aliphatic rings. The van der Waals surface area contributed by atoms with E-state index in [4.69, 9.17) is 4.74 Å². The highest BCUT2D eigenvalue weighted by molar-refractivity contribution is 7.15. The van der Waals surface area contributed by atoms with E-state index in [-0.39, 0.29) is 16.2 Å². The van der Waals surface area contributed by atoms with Crippen molar-refractivity contribution in [3.05, 3.63) is 15.8 Å². The van der Waals surface area contributed by atoms with Gasteiger partial charge < -0.3 is 20.1 Å². The first kappa shape index (κ1) is 21.3. The zero-order valence-corrected chi connectivity index (χ0v) is 17.2. The lowest BCUT2D eigenvalue weighted by molar-refractivity contribution is -0.132. The molecule has 1 fully saturated rings. The summed E-state index contributed by atoms with van der Waals surface area (Å²) in [6.45, 7) is 7.75. The normalized spacial score (nSPS) is 17.9. The van der Waals surface area contributed by atoms with Gasteiger partial charge in [0.15, 0.2) is 0 Å². The standard InChI is InChI=1S/C20H28N2O4S/c1-20(2,3)9-8-14-13-16(17(27-14)19(24)25)21-15-7-5-6-10-22(18(15)23)11-12-26-4/h13,15,21H,5-7,10-12H2,1-4H3,(H,24,25). The smallest absolute Gasteiger partial charge is 0.348 e. The number of aromatic carboxylic acids is 1. The molecule has 1 aromatic heterocycles. The summed E-state index contributed by atoms with van der Waals surface area (Å²) in [6.07, 6.45) is 2.53. The molecule has 6 nitrogen and oxygen atoms in total. The summed E-state index contributed by atoms with van der Waals surface area (Å²) >= 11 is 1.14. The molecule has 0 saturated carbocycles. The molecule has 148 valence electrons. The molecular weight excluding hydrogens is 364 g/mol. The van der Waals surface area contributed by atoms with Gasteiger partial charge in [-0.3, -0.25) is 4.79 Å². The van der Waals surface area contributed by atoms with Gasteiger partial charge >= 0.3 is 5.97 Å². The lowest BCUT2D eigenvalue weighted by Gasteiger charge is -2.25. The van der Waals surface area contributed by atoms with Crippen molar-refractivity contribution < 1.29 is 19.4 Å². The Bertz CT molecular complexity index is 739. The molecule has 0 aliphatic carbocycles. The van der Waals surface area contributed by atoms with E-state index in [2.05, 4.69) is 17.2 Å². The van der Waals surface area contributed by atoms with E-state index in [1.807, 2.05) is 20.8 Å². The number of carboxylic acid groups (broad SMARTS) is 1. The molecule has 1 atom stereocenters. The zero-order chi connectivity index (χ0) is 20.0. The lowest BCUT2D eigenvalue weighted by atomic mass is 9.98. The Hall–Kier alpha value is -2.04. The highest BCUT2D eigenvalue weighted by Crippen LogP contribution is 2.29. The summed E-state index contributed by atoms with van der Waals surface area (Å²) < 4.78 is 5.09. The minimum absolute atomic E-state index is 0.00517. The average Bonchev–Trinajstić information content (AvgIpc) is 2.92. The summed E-state index contributed by atoms with van der Waals surface area (Å²) in [7, 11) is 1.61. The summed E-state index contributed by atoms with van der Waals surface area (Å²) in [5.41, 5.74) is 0.303. The predicted octanol–water partition coefficient (Wildman–Crippen LogP) is 3.28. The third-order valence-corrected chi connectivity index (χ3v) is 5.20. The van der Waals surface area contributed by atoms with Crippen LogP contribution in [0.3, 0.4) is 0 Å². The fourth-order valence-electron chi connectivity index (χ4n) is 2.82. The maximum Gasteiger partial charge on any atom is 0.348 e. The first-order chi connectivity index (χ1) is 12.7. The zero-order valence-electron chi connectivity index (χ0n) is 16.4. The lowest BCUT2D eigenvalue weighted by Crippen LogP contribution is -2.43. The number of methoxy groups -OCH3 is 1. The summed E-state index contributed by atoms with van der Waals surface area (Å²) in [4.78, 5) is 27.1. The number of carboxylic acids is 1. The van der Waals surface area contributed by atoms with E-state index in [0.717, 1.165) is 24.2 Å². The number of rotatable bonds is 6. The molecule has 27 heavy (non-hydrogen) atoms. The van der Waals surface area contributed by atoms with Gasteiger partial charge in [0, 0.05) is 25.6 Å². The van der Waals surface area contributed by atoms with E-state index in [0.29, 0.717) is 36.7 Å². The van der Waals surface area contributed by atoms with Crippen LogP contribution in [0.4, 0.5) is 5.69 Å². The van der Waals surface area contributed by atoms with E-state index in [1.54, 1.807) is 18.1 Å². The van der Waals surface area contributed by atoms with Crippen LogP contribution in [-0.4, -0.2) is 54.7 Å². The van der Waals surface area contributed by atoms with Crippen molar-refractivity contribution in [2.75, 3.05) is 32.1 Å². The number of ether oxygens (including phenoxy) is 1. The Morgan fingerprint density at radius 3 is 2.81 bits per heavy atom. The number of nitrogens with one attached hydrogen (secondary N) is 1. The number of amides is 1. The van der Waals surface area contributed by atoms with Gasteiger partial charge in [-0.15, -0.1) is 11.3 Å². The number of likely N-dealkylation sites (tertiary alicyclic amines) is 1. The molecule has 2 heterocycles. The number of hydrogen-bond acceptors (Lipinski definition) is 5. The van der Waals surface area contributed by atoms with Gasteiger partial charge in [0.25, 0.3) is 0 Å². The summed E-state index contributed by atoms with van der Waals surface area (Å²) in [6, 6.07) is 1.31. The Balaban J connectivity index is 2.23. The van der Waals surface area contributed by atoms with E-state index < -0.39 is 12.0 Å². The third-order valence-electron chi connectivity index (χ3n) is 4.16. The van der Waals surface area contributed by atoms with E-state index >= 15 is 0 Å². The Morgan fingerprint density at radius 1 is 1.44 bits per heavy atom. The van der Waals surface area contributed by atoms with Crippen LogP contribution in [0.25, 0.3) is 0 Å². The molecule has 1 amide bonds. The van der Waals surface area contributed by atoms with Crippen molar-refractivity contribution >= 4 is 28.9 Å². The Labute approximate surface area is 164 Å². The van der Waals surface area contributed by atoms with Crippen LogP contribution in [0, 0.1) is 17.3 Å². The summed E-state index contributed by atoms with van der Waals surface area (Å²) in [5.74, 6) is 5.16. The maximum absolute atomic E-state index is 12.8. The van der Waals surface area contributed by atoms with Crippen LogP contribution in [0.5, 0.6) is 0 Å². The minimum Gasteiger partial charge on any atom is -0.477 e. The summed E-state index contributed by atoms with van der Waals surface area (Å²) in [5, 5.41) is 12.7. The first-order valence-corrected chi connectivity index (χ1v) is 9.97. The topological polar surface area (TPSA) is 78.9 Å². The van der Waals surface area contributed by atoms with E-state index in [1.165, 1.54) is 0 Å². The molecule has 1 aliphatic heterocycles. The van der Waals surface area contributed by atoms with Crippen LogP contribution in [0.15, 0.2) is 6.07 Å². The van der Waals surface area contributed by atoms with Crippen LogP contribution >= 0.6 is 11.3 Å². The Kier molecular flexibility index (Phi) is 7.28. The highest BCUT2D eigenvalue weighted by Gasteiger charge is 2.28.